The minimum Gasteiger partial charge on any atom is -0.349 e. The molecule has 37 heavy (non-hydrogen) atoms. The van der Waals surface area contributed by atoms with Gasteiger partial charge in [0.2, 0.25) is 0 Å². The quantitative estimate of drug-likeness (QED) is 0.351. The van der Waals surface area contributed by atoms with Crippen LogP contribution in [0.4, 0.5) is 5.82 Å². The van der Waals surface area contributed by atoms with Crippen molar-refractivity contribution in [2.45, 2.75) is 59.0 Å². The highest BCUT2D eigenvalue weighted by Crippen LogP contribution is 2.33. The van der Waals surface area contributed by atoms with Crippen molar-refractivity contribution >= 4 is 22.8 Å². The number of pyridine rings is 2. The number of hydrogen-bond acceptors (Lipinski definition) is 5. The van der Waals surface area contributed by atoms with Gasteiger partial charge in [-0.2, -0.15) is 0 Å². The standard InChI is InChI=1S/C28H32N6O3/c1-3-13-32-23-16-22(31-25(23)27(36)34(14-4-2)28(32)37)20-9-10-24(30-18-20)33(15-11-19-7-8-19)26(35)21-6-5-12-29-17-21/h5-6,9-10,12,16-19,31H,3-4,7-8,11,13-15H2,1-2H3. The zero-order valence-corrected chi connectivity index (χ0v) is 21.3. The first-order chi connectivity index (χ1) is 18.0. The van der Waals surface area contributed by atoms with Gasteiger partial charge in [-0.3, -0.25) is 28.6 Å². The van der Waals surface area contributed by atoms with Crippen LogP contribution >= 0.6 is 0 Å². The highest BCUT2D eigenvalue weighted by atomic mass is 16.2. The molecule has 4 aromatic rings. The lowest BCUT2D eigenvalue weighted by molar-refractivity contribution is 0.0985. The molecule has 0 atom stereocenters. The summed E-state index contributed by atoms with van der Waals surface area (Å²) in [5, 5.41) is 0. The Hall–Kier alpha value is -4.01. The fourth-order valence-corrected chi connectivity index (χ4v) is 4.69. The van der Waals surface area contributed by atoms with Crippen LogP contribution in [0.25, 0.3) is 22.3 Å². The SMILES string of the molecule is CCCn1c(=O)c2[nH]c(-c3ccc(N(CCC4CC4)C(=O)c4cccnc4)nc3)cc2n(CCC)c1=O. The Morgan fingerprint density at radius 2 is 1.86 bits per heavy atom. The Kier molecular flexibility index (Phi) is 7.03. The zero-order chi connectivity index (χ0) is 25.9. The largest absolute Gasteiger partial charge is 0.349 e. The van der Waals surface area contributed by atoms with Crippen molar-refractivity contribution in [1.29, 1.82) is 0 Å². The van der Waals surface area contributed by atoms with Crippen LogP contribution < -0.4 is 16.1 Å². The van der Waals surface area contributed by atoms with Crippen LogP contribution in [0.2, 0.25) is 0 Å². The summed E-state index contributed by atoms with van der Waals surface area (Å²) in [7, 11) is 0. The molecule has 192 valence electrons. The van der Waals surface area contributed by atoms with Gasteiger partial charge in [0.25, 0.3) is 11.5 Å². The van der Waals surface area contributed by atoms with Gasteiger partial charge in [0.15, 0.2) is 0 Å². The van der Waals surface area contributed by atoms with Gasteiger partial charge in [0, 0.05) is 49.5 Å². The van der Waals surface area contributed by atoms with Gasteiger partial charge < -0.3 is 4.98 Å². The third kappa shape index (κ3) is 4.98. The van der Waals surface area contributed by atoms with Crippen LogP contribution in [-0.4, -0.2) is 36.5 Å². The van der Waals surface area contributed by atoms with E-state index >= 15 is 0 Å². The molecule has 1 aliphatic rings. The molecule has 1 amide bonds. The Morgan fingerprint density at radius 3 is 2.51 bits per heavy atom. The van der Waals surface area contributed by atoms with Gasteiger partial charge in [-0.15, -0.1) is 0 Å². The van der Waals surface area contributed by atoms with Crippen molar-refractivity contribution in [2.75, 3.05) is 11.4 Å². The van der Waals surface area contributed by atoms with Crippen LogP contribution in [0.15, 0.2) is 58.5 Å². The molecule has 0 aliphatic heterocycles. The monoisotopic (exact) mass is 500 g/mol. The molecule has 0 radical (unpaired) electrons. The van der Waals surface area contributed by atoms with Crippen LogP contribution in [-0.2, 0) is 13.1 Å². The van der Waals surface area contributed by atoms with Gasteiger partial charge in [-0.05, 0) is 55.5 Å². The second kappa shape index (κ2) is 10.5. The number of aromatic nitrogens is 5. The average molecular weight is 501 g/mol. The van der Waals surface area contributed by atoms with E-state index in [0.717, 1.165) is 18.4 Å². The lowest BCUT2D eigenvalue weighted by Crippen LogP contribution is -2.39. The summed E-state index contributed by atoms with van der Waals surface area (Å²) < 4.78 is 2.97. The first-order valence-electron chi connectivity index (χ1n) is 13.1. The van der Waals surface area contributed by atoms with Crippen molar-refractivity contribution in [2.24, 2.45) is 5.92 Å². The molecule has 0 saturated heterocycles. The van der Waals surface area contributed by atoms with Crippen LogP contribution in [0.1, 0.15) is 56.3 Å². The predicted octanol–water partition coefficient (Wildman–Crippen LogP) is 4.22. The molecule has 1 aliphatic carbocycles. The third-order valence-electron chi connectivity index (χ3n) is 6.85. The summed E-state index contributed by atoms with van der Waals surface area (Å²) in [6.07, 6.45) is 9.76. The Balaban J connectivity index is 1.50. The van der Waals surface area contributed by atoms with Crippen LogP contribution in [0.3, 0.4) is 0 Å². The highest BCUT2D eigenvalue weighted by molar-refractivity contribution is 6.05. The maximum absolute atomic E-state index is 13.3. The summed E-state index contributed by atoms with van der Waals surface area (Å²) in [6.45, 7) is 5.45. The van der Waals surface area contributed by atoms with Gasteiger partial charge in [0.1, 0.15) is 11.3 Å². The minimum atomic E-state index is -0.307. The van der Waals surface area contributed by atoms with Gasteiger partial charge >= 0.3 is 5.69 Å². The number of aryl methyl sites for hydroxylation is 1. The van der Waals surface area contributed by atoms with E-state index in [4.69, 9.17) is 0 Å². The van der Waals surface area contributed by atoms with Crippen molar-refractivity contribution < 1.29 is 4.79 Å². The summed E-state index contributed by atoms with van der Waals surface area (Å²) in [6, 6.07) is 9.08. The zero-order valence-electron chi connectivity index (χ0n) is 21.3. The smallest absolute Gasteiger partial charge is 0.331 e. The topological polar surface area (TPSA) is 106 Å². The number of amides is 1. The van der Waals surface area contributed by atoms with Crippen molar-refractivity contribution in [3.05, 3.63) is 75.3 Å². The van der Waals surface area contributed by atoms with E-state index in [9.17, 15) is 14.4 Å². The number of aromatic amines is 1. The first kappa shape index (κ1) is 24.7. The lowest BCUT2D eigenvalue weighted by atomic mass is 10.2. The van der Waals surface area contributed by atoms with E-state index in [0.29, 0.717) is 60.1 Å². The molecule has 4 aromatic heterocycles. The third-order valence-corrected chi connectivity index (χ3v) is 6.85. The summed E-state index contributed by atoms with van der Waals surface area (Å²) in [4.78, 5) is 53.0. The highest BCUT2D eigenvalue weighted by Gasteiger charge is 2.25. The number of nitrogens with zero attached hydrogens (tertiary/aromatic N) is 5. The molecular formula is C28H32N6O3. The first-order valence-corrected chi connectivity index (χ1v) is 13.1. The normalized spacial score (nSPS) is 13.2. The van der Waals surface area contributed by atoms with Crippen molar-refractivity contribution in [3.8, 4) is 11.3 Å². The fourth-order valence-electron chi connectivity index (χ4n) is 4.69. The number of nitrogens with one attached hydrogen (secondary N) is 1. The molecule has 1 fully saturated rings. The summed E-state index contributed by atoms with van der Waals surface area (Å²) in [5.74, 6) is 1.12. The molecule has 4 heterocycles. The number of fused-ring (bicyclic) bond motifs is 1. The Morgan fingerprint density at radius 1 is 1.08 bits per heavy atom. The molecule has 1 saturated carbocycles. The molecule has 5 rings (SSSR count). The molecular weight excluding hydrogens is 468 g/mol. The second-order valence-corrected chi connectivity index (χ2v) is 9.67. The van der Waals surface area contributed by atoms with Crippen LogP contribution in [0.5, 0.6) is 0 Å². The lowest BCUT2D eigenvalue weighted by Gasteiger charge is -2.22. The number of H-pyrrole nitrogens is 1. The van der Waals surface area contributed by atoms with Crippen LogP contribution in [0, 0.1) is 5.92 Å². The number of hydrogen-bond donors (Lipinski definition) is 1. The number of rotatable bonds is 10. The molecule has 9 heteroatoms. The maximum Gasteiger partial charge on any atom is 0.331 e. The maximum atomic E-state index is 13.3. The average Bonchev–Trinajstić information content (AvgIpc) is 3.65. The Labute approximate surface area is 214 Å². The van der Waals surface area contributed by atoms with E-state index in [-0.39, 0.29) is 17.2 Å². The van der Waals surface area contributed by atoms with Crippen molar-refractivity contribution in [3.63, 3.8) is 0 Å². The molecule has 0 bridgehead atoms. The van der Waals surface area contributed by atoms with Gasteiger partial charge in [-0.25, -0.2) is 9.78 Å². The van der Waals surface area contributed by atoms with E-state index in [1.165, 1.54) is 17.4 Å². The van der Waals surface area contributed by atoms with Crippen molar-refractivity contribution in [1.82, 2.24) is 24.1 Å². The van der Waals surface area contributed by atoms with E-state index in [2.05, 4.69) is 15.0 Å². The van der Waals surface area contributed by atoms with Gasteiger partial charge in [0.05, 0.1) is 11.1 Å². The van der Waals surface area contributed by atoms with E-state index in [1.807, 2.05) is 32.0 Å². The van der Waals surface area contributed by atoms with E-state index < -0.39 is 0 Å². The number of anilines is 1. The van der Waals surface area contributed by atoms with Gasteiger partial charge in [-0.1, -0.05) is 26.7 Å². The number of carbonyl (C=O) groups is 1. The predicted molar refractivity (Wildman–Crippen MR) is 144 cm³/mol. The summed E-state index contributed by atoms with van der Waals surface area (Å²) >= 11 is 0. The molecule has 0 unspecified atom stereocenters. The second-order valence-electron chi connectivity index (χ2n) is 9.67. The molecule has 9 nitrogen and oxygen atoms in total. The number of carbonyl (C=O) groups excluding carboxylic acids is 1. The molecule has 0 spiro atoms. The van der Waals surface area contributed by atoms with E-state index in [1.54, 1.807) is 40.2 Å². The molecule has 0 aromatic carbocycles. The Bertz CT molecular complexity index is 1510. The summed E-state index contributed by atoms with van der Waals surface area (Å²) in [5.41, 5.74) is 2.43. The fraction of sp³-hybridized carbons (Fsp3) is 0.393. The minimum absolute atomic E-state index is 0.125. The molecule has 1 N–H and O–H groups in total.